The number of aryl methyl sites for hydroxylation is 2. The number of carbonyl (C=O) groups excluding carboxylic acids is 3. The van der Waals surface area contributed by atoms with Gasteiger partial charge in [-0.05, 0) is 85.0 Å². The topological polar surface area (TPSA) is 137 Å². The van der Waals surface area contributed by atoms with Gasteiger partial charge in [-0.25, -0.2) is 9.59 Å². The standard InChI is InChI=1S/C52H63F6NO11S2/c1-6-7-8-9-10-11-16-59-47(60)37-14-12-36(13-15-37)43-32-41(34(2)71-43)45-46(51(55,56)52(57,58)50(45,53)54)42-33-44(72-35(42)3)38-29-39(48(61)69-27-25-67-23-21-65-19-17-63-4)31-40(30-38)49(62)70-28-26-68-24-22-66-20-18-64-5/h12-15,29-33H,6-11,16-28H2,1-5H3,(H,59,60). The van der Waals surface area contributed by atoms with Crippen LogP contribution in [0.25, 0.3) is 32.0 Å². The average Bonchev–Trinajstić information content (AvgIpc) is 3.97. The number of halogens is 6. The summed E-state index contributed by atoms with van der Waals surface area (Å²) in [6, 6.07) is 12.3. The number of allylic oxidation sites excluding steroid dienone is 2. The Morgan fingerprint density at radius 3 is 1.39 bits per heavy atom. The first-order chi connectivity index (χ1) is 34.5. The monoisotopic (exact) mass is 1060 g/mol. The zero-order valence-electron chi connectivity index (χ0n) is 41.2. The molecule has 12 nitrogen and oxygen atoms in total. The van der Waals surface area contributed by atoms with Crippen molar-refractivity contribution >= 4 is 51.7 Å². The third kappa shape index (κ3) is 15.0. The fraction of sp³-hybridized carbons (Fsp3) is 0.519. The van der Waals surface area contributed by atoms with Gasteiger partial charge in [-0.2, -0.15) is 26.3 Å². The number of ether oxygens (including phenoxy) is 8. The molecule has 20 heteroatoms. The molecule has 2 aromatic carbocycles. The van der Waals surface area contributed by atoms with E-state index in [-0.39, 0.29) is 90.1 Å². The number of rotatable bonds is 32. The SMILES string of the molecule is CCCCCCCCNC(=O)c1ccc(-c2cc(C3=C(c4cc(-c5cc(C(=O)OCCOCCOCCOC)cc(C(=O)OCCOCCOCCOC)c5)sc4C)C(F)(F)C(F)(F)C3(F)F)c(C)s2)cc1. The minimum Gasteiger partial charge on any atom is -0.460 e. The van der Waals surface area contributed by atoms with Crippen LogP contribution in [-0.4, -0.2) is 136 Å². The Hall–Kier alpha value is -4.67. The number of hydrogen-bond acceptors (Lipinski definition) is 13. The minimum absolute atomic E-state index is 0.00467. The van der Waals surface area contributed by atoms with E-state index in [2.05, 4.69) is 12.2 Å². The molecule has 4 aromatic rings. The van der Waals surface area contributed by atoms with Gasteiger partial charge in [-0.15, -0.1) is 22.7 Å². The zero-order chi connectivity index (χ0) is 52.3. The van der Waals surface area contributed by atoms with Crippen molar-refractivity contribution in [1.29, 1.82) is 0 Å². The highest BCUT2D eigenvalue weighted by Crippen LogP contribution is 2.66. The molecule has 0 saturated heterocycles. The van der Waals surface area contributed by atoms with Crippen molar-refractivity contribution in [2.45, 2.75) is 77.1 Å². The van der Waals surface area contributed by atoms with Crippen LogP contribution in [0.4, 0.5) is 26.3 Å². The largest absolute Gasteiger partial charge is 0.460 e. The molecular weight excluding hydrogens is 993 g/mol. The van der Waals surface area contributed by atoms with E-state index in [9.17, 15) is 14.4 Å². The Morgan fingerprint density at radius 1 is 0.514 bits per heavy atom. The normalized spacial score (nSPS) is 14.8. The van der Waals surface area contributed by atoms with Crippen LogP contribution in [0.1, 0.15) is 97.4 Å². The van der Waals surface area contributed by atoms with Gasteiger partial charge in [0.25, 0.3) is 5.91 Å². The molecule has 0 spiro atoms. The lowest BCUT2D eigenvalue weighted by atomic mass is 9.94. The summed E-state index contributed by atoms with van der Waals surface area (Å²) in [5.41, 5.74) is -3.56. The molecule has 1 aliphatic rings. The van der Waals surface area contributed by atoms with Gasteiger partial charge in [-0.1, -0.05) is 51.2 Å². The molecule has 0 aliphatic heterocycles. The van der Waals surface area contributed by atoms with Crippen LogP contribution in [0.2, 0.25) is 0 Å². The summed E-state index contributed by atoms with van der Waals surface area (Å²) in [4.78, 5) is 40.1. The quantitative estimate of drug-likeness (QED) is 0.0284. The summed E-state index contributed by atoms with van der Waals surface area (Å²) >= 11 is 1.76. The van der Waals surface area contributed by atoms with E-state index in [0.29, 0.717) is 49.0 Å². The molecule has 396 valence electrons. The highest BCUT2D eigenvalue weighted by molar-refractivity contribution is 7.16. The molecule has 2 heterocycles. The molecule has 0 fully saturated rings. The third-order valence-electron chi connectivity index (χ3n) is 11.5. The first-order valence-corrected chi connectivity index (χ1v) is 25.4. The Bertz CT molecular complexity index is 2370. The number of thiophene rings is 2. The summed E-state index contributed by atoms with van der Waals surface area (Å²) in [7, 11) is 3.08. The van der Waals surface area contributed by atoms with Crippen molar-refractivity contribution in [3.8, 4) is 20.9 Å². The number of benzene rings is 2. The Morgan fingerprint density at radius 2 is 0.931 bits per heavy atom. The predicted molar refractivity (Wildman–Crippen MR) is 264 cm³/mol. The van der Waals surface area contributed by atoms with E-state index in [0.717, 1.165) is 60.8 Å². The van der Waals surface area contributed by atoms with E-state index in [1.807, 2.05) is 0 Å². The van der Waals surface area contributed by atoms with Gasteiger partial charge < -0.3 is 43.2 Å². The summed E-state index contributed by atoms with van der Waals surface area (Å²) in [5, 5.41) is 2.88. The molecule has 0 unspecified atom stereocenters. The molecule has 0 bridgehead atoms. The Kier molecular flexibility index (Phi) is 22.7. The van der Waals surface area contributed by atoms with Crippen LogP contribution < -0.4 is 5.32 Å². The molecule has 0 radical (unpaired) electrons. The molecule has 1 amide bonds. The van der Waals surface area contributed by atoms with Gasteiger partial charge in [-0.3, -0.25) is 4.79 Å². The highest BCUT2D eigenvalue weighted by atomic mass is 32.1. The van der Waals surface area contributed by atoms with Crippen molar-refractivity contribution in [3.05, 3.63) is 92.2 Å². The second-order valence-electron chi connectivity index (χ2n) is 16.7. The van der Waals surface area contributed by atoms with Crippen molar-refractivity contribution in [3.63, 3.8) is 0 Å². The maximum absolute atomic E-state index is 16.2. The van der Waals surface area contributed by atoms with Crippen LogP contribution in [0.15, 0.2) is 54.6 Å². The molecule has 0 atom stereocenters. The molecule has 5 rings (SSSR count). The first kappa shape index (κ1) is 58.2. The van der Waals surface area contributed by atoms with E-state index >= 15 is 26.3 Å². The van der Waals surface area contributed by atoms with Crippen LogP contribution in [0, 0.1) is 13.8 Å². The van der Waals surface area contributed by atoms with E-state index < -0.39 is 52.0 Å². The number of amides is 1. The summed E-state index contributed by atoms with van der Waals surface area (Å²) in [6.07, 6.45) is 6.34. The van der Waals surface area contributed by atoms with E-state index in [4.69, 9.17) is 37.9 Å². The lowest BCUT2D eigenvalue weighted by Crippen LogP contribution is -2.48. The van der Waals surface area contributed by atoms with Gasteiger partial charge in [0.15, 0.2) is 0 Å². The van der Waals surface area contributed by atoms with E-state index in [1.54, 1.807) is 38.5 Å². The van der Waals surface area contributed by atoms with Crippen molar-refractivity contribution in [2.24, 2.45) is 0 Å². The lowest BCUT2D eigenvalue weighted by molar-refractivity contribution is -0.254. The van der Waals surface area contributed by atoms with Crippen molar-refractivity contribution in [2.75, 3.05) is 100 Å². The summed E-state index contributed by atoms with van der Waals surface area (Å²) in [5.74, 6) is -18.6. The van der Waals surface area contributed by atoms with Crippen LogP contribution in [0.5, 0.6) is 0 Å². The second kappa shape index (κ2) is 28.1. The maximum atomic E-state index is 16.2. The number of unbranched alkanes of at least 4 members (excludes halogenated alkanes) is 5. The Labute approximate surface area is 424 Å². The van der Waals surface area contributed by atoms with Crippen LogP contribution in [-0.2, 0) is 37.9 Å². The first-order valence-electron chi connectivity index (χ1n) is 23.8. The number of nitrogens with one attached hydrogen (secondary N) is 1. The van der Waals surface area contributed by atoms with Crippen LogP contribution >= 0.6 is 22.7 Å². The van der Waals surface area contributed by atoms with Crippen molar-refractivity contribution in [1.82, 2.24) is 5.32 Å². The van der Waals surface area contributed by atoms with Gasteiger partial charge >= 0.3 is 29.7 Å². The molecule has 1 aliphatic carbocycles. The number of hydrogen-bond donors (Lipinski definition) is 1. The summed E-state index contributed by atoms with van der Waals surface area (Å²) in [6.45, 7) is 7.43. The molecule has 0 saturated carbocycles. The number of methoxy groups -OCH3 is 2. The van der Waals surface area contributed by atoms with Crippen LogP contribution in [0.3, 0.4) is 0 Å². The zero-order valence-corrected chi connectivity index (χ0v) is 42.8. The van der Waals surface area contributed by atoms with E-state index in [1.165, 1.54) is 44.5 Å². The third-order valence-corrected chi connectivity index (χ3v) is 13.7. The lowest BCUT2D eigenvalue weighted by Gasteiger charge is -2.25. The van der Waals surface area contributed by atoms with Gasteiger partial charge in [0.05, 0.1) is 77.2 Å². The number of esters is 2. The van der Waals surface area contributed by atoms with Gasteiger partial charge in [0.1, 0.15) is 13.2 Å². The van der Waals surface area contributed by atoms with Gasteiger partial charge in [0, 0.05) is 57.0 Å². The highest BCUT2D eigenvalue weighted by Gasteiger charge is 2.80. The fourth-order valence-corrected chi connectivity index (χ4v) is 9.71. The second-order valence-corrected chi connectivity index (χ2v) is 19.3. The van der Waals surface area contributed by atoms with Crippen molar-refractivity contribution < 1.29 is 78.6 Å². The smallest absolute Gasteiger partial charge is 0.380 e. The fourth-order valence-electron chi connectivity index (χ4n) is 7.66. The molecule has 1 N–H and O–H groups in total. The average molecular weight is 1060 g/mol. The number of alkyl halides is 6. The predicted octanol–water partition coefficient (Wildman–Crippen LogP) is 11.4. The minimum atomic E-state index is -5.83. The number of carbonyl (C=O) groups is 3. The molecule has 2 aromatic heterocycles. The Balaban J connectivity index is 1.43. The van der Waals surface area contributed by atoms with Gasteiger partial charge in [0.2, 0.25) is 0 Å². The molecule has 72 heavy (non-hydrogen) atoms. The maximum Gasteiger partial charge on any atom is 0.380 e. The molecular formula is C52H63F6NO11S2. The summed E-state index contributed by atoms with van der Waals surface area (Å²) < 4.78 is 138.